The van der Waals surface area contributed by atoms with Crippen molar-refractivity contribution in [1.82, 2.24) is 9.47 Å². The third-order valence-corrected chi connectivity index (χ3v) is 7.49. The zero-order valence-electron chi connectivity index (χ0n) is 26.6. The molecule has 0 N–H and O–H groups in total. The first-order valence-electron chi connectivity index (χ1n) is 16.3. The summed E-state index contributed by atoms with van der Waals surface area (Å²) in [6.07, 6.45) is 22.5. The number of para-hydroxylation sites is 1. The third-order valence-electron chi connectivity index (χ3n) is 7.49. The van der Waals surface area contributed by atoms with Crippen LogP contribution in [0, 0.1) is 0 Å². The fourth-order valence-corrected chi connectivity index (χ4v) is 5.09. The highest BCUT2D eigenvalue weighted by Crippen LogP contribution is 2.26. The molecule has 0 spiro atoms. The van der Waals surface area contributed by atoms with Crippen LogP contribution in [0.5, 0.6) is 0 Å². The lowest BCUT2D eigenvalue weighted by atomic mass is 10.0. The van der Waals surface area contributed by atoms with E-state index in [-0.39, 0.29) is 12.0 Å². The fourth-order valence-electron chi connectivity index (χ4n) is 5.09. The number of carbonyl (C=O) groups excluding carboxylic acids is 2. The van der Waals surface area contributed by atoms with E-state index in [0.29, 0.717) is 22.9 Å². The van der Waals surface area contributed by atoms with Crippen LogP contribution in [0.2, 0.25) is 0 Å². The summed E-state index contributed by atoms with van der Waals surface area (Å²) in [4.78, 5) is 27.1. The second kappa shape index (κ2) is 18.5. The summed E-state index contributed by atoms with van der Waals surface area (Å²) in [5.41, 5.74) is 1.03. The van der Waals surface area contributed by atoms with Crippen LogP contribution in [0.1, 0.15) is 105 Å². The highest BCUT2D eigenvalue weighted by atomic mass is 16.7. The van der Waals surface area contributed by atoms with E-state index in [2.05, 4.69) is 31.2 Å². The highest BCUT2D eigenvalue weighted by Gasteiger charge is 2.23. The van der Waals surface area contributed by atoms with E-state index in [9.17, 15) is 9.59 Å². The number of carbonyl (C=O) groups is 2. The third kappa shape index (κ3) is 11.0. The summed E-state index contributed by atoms with van der Waals surface area (Å²) in [5, 5.41) is 0.679. The summed E-state index contributed by atoms with van der Waals surface area (Å²) < 4.78 is 29.5. The van der Waals surface area contributed by atoms with Gasteiger partial charge in [-0.25, -0.2) is 4.79 Å². The van der Waals surface area contributed by atoms with Gasteiger partial charge in [-0.15, -0.1) is 0 Å². The minimum atomic E-state index is -1.63. The molecule has 3 rings (SSSR count). The molecule has 0 bridgehead atoms. The highest BCUT2D eigenvalue weighted by molar-refractivity contribution is 5.92. The number of rotatable bonds is 18. The van der Waals surface area contributed by atoms with Crippen LogP contribution in [0.3, 0.4) is 0 Å². The molecule has 220 valence electrons. The van der Waals surface area contributed by atoms with Gasteiger partial charge >= 0.3 is 12.1 Å². The summed E-state index contributed by atoms with van der Waals surface area (Å²) in [7, 11) is 1.94. The molecule has 0 aliphatic carbocycles. The molecule has 0 unspecified atom stereocenters. The monoisotopic (exact) mass is 552 g/mol. The number of aromatic nitrogens is 1. The van der Waals surface area contributed by atoms with Crippen molar-refractivity contribution < 1.29 is 21.8 Å². The Bertz CT molecular complexity index is 1170. The van der Waals surface area contributed by atoms with Gasteiger partial charge in [0.2, 0.25) is 6.79 Å². The van der Waals surface area contributed by atoms with Gasteiger partial charge < -0.3 is 14.4 Å². The van der Waals surface area contributed by atoms with Gasteiger partial charge in [-0.1, -0.05) is 81.5 Å². The number of hydrogen-bond acceptors (Lipinski definition) is 5. The number of nitrogens with zero attached hydrogens (tertiary/aromatic N) is 2. The Morgan fingerprint density at radius 2 is 1.70 bits per heavy atom. The second-order valence-corrected chi connectivity index (χ2v) is 10.7. The average Bonchev–Trinajstić information content (AvgIpc) is 3.60. The standard InChI is InChI=1S/C34H50N2O4/c1-3-4-5-6-7-8-9-10-11-12-13-14-15-16-17-24-33(37)39-28-40-34(38)36-27-29(26-30-21-20-25-35(30)2)31-22-18-19-23-32(31)36/h7-8,10-11,18-19,22-23,27,30H,3-6,9,12-17,20-21,24-26,28H2,1-2H3/b8-7-,11-10-/t30-/m1/s1/i26D2. The number of benzene rings is 1. The van der Waals surface area contributed by atoms with Gasteiger partial charge in [-0.2, -0.15) is 0 Å². The lowest BCUT2D eigenvalue weighted by Gasteiger charge is -2.18. The maximum absolute atomic E-state index is 12.9. The van der Waals surface area contributed by atoms with Gasteiger partial charge in [0.15, 0.2) is 0 Å². The Kier molecular flexibility index (Phi) is 13.2. The van der Waals surface area contributed by atoms with E-state index in [1.165, 1.54) is 36.4 Å². The van der Waals surface area contributed by atoms with Crippen molar-refractivity contribution in [2.45, 2.75) is 109 Å². The smallest absolute Gasteiger partial charge is 0.421 e. The van der Waals surface area contributed by atoms with Crippen LogP contribution in [0.4, 0.5) is 4.79 Å². The second-order valence-electron chi connectivity index (χ2n) is 10.7. The molecular weight excluding hydrogens is 500 g/mol. The van der Waals surface area contributed by atoms with Crippen molar-refractivity contribution in [1.29, 1.82) is 0 Å². The van der Waals surface area contributed by atoms with Crippen molar-refractivity contribution in [3.8, 4) is 0 Å². The van der Waals surface area contributed by atoms with E-state index >= 15 is 0 Å². The normalized spacial score (nSPS) is 17.1. The van der Waals surface area contributed by atoms with Crippen LogP contribution in [-0.4, -0.2) is 48.0 Å². The van der Waals surface area contributed by atoms with Crippen molar-refractivity contribution >= 4 is 23.0 Å². The molecule has 1 atom stereocenters. The molecule has 1 aromatic carbocycles. The molecular formula is C34H50N2O4. The van der Waals surface area contributed by atoms with Crippen LogP contribution >= 0.6 is 0 Å². The van der Waals surface area contributed by atoms with Gasteiger partial charge in [-0.3, -0.25) is 9.36 Å². The molecule has 6 heteroatoms. The van der Waals surface area contributed by atoms with Gasteiger partial charge in [-0.05, 0) is 83.0 Å². The average molecular weight is 553 g/mol. The van der Waals surface area contributed by atoms with Crippen molar-refractivity contribution in [3.05, 3.63) is 60.3 Å². The number of likely N-dealkylation sites (tertiary alicyclic amines) is 1. The maximum Gasteiger partial charge on any atom is 0.421 e. The maximum atomic E-state index is 12.9. The Hall–Kier alpha value is -2.86. The zero-order valence-corrected chi connectivity index (χ0v) is 24.6. The molecule has 40 heavy (non-hydrogen) atoms. The SMILES string of the molecule is [2H]C([2H])(c1cn(C(=O)OCOC(=O)CCCCCCC/C=C\C/C=C\CCCCC)c2ccccc12)[C@H]1CCCN1C. The number of fused-ring (bicyclic) bond motifs is 1. The van der Waals surface area contributed by atoms with E-state index in [4.69, 9.17) is 12.2 Å². The molecule has 1 aliphatic rings. The first kappa shape index (κ1) is 28.7. The van der Waals surface area contributed by atoms with Gasteiger partial charge in [0.25, 0.3) is 0 Å². The molecule has 0 radical (unpaired) electrons. The number of unbranched alkanes of at least 4 members (excludes halogenated alkanes) is 8. The number of allylic oxidation sites excluding steroid dienone is 4. The Balaban J connectivity index is 1.32. The Morgan fingerprint density at radius 3 is 2.45 bits per heavy atom. The molecule has 1 aliphatic heterocycles. The van der Waals surface area contributed by atoms with E-state index in [1.807, 2.05) is 24.1 Å². The number of likely N-dealkylation sites (N-methyl/N-ethyl adjacent to an activating group) is 1. The van der Waals surface area contributed by atoms with Gasteiger partial charge in [0.05, 0.1) is 5.52 Å². The minimum Gasteiger partial charge on any atom is -0.428 e. The summed E-state index contributed by atoms with van der Waals surface area (Å²) in [5.74, 6) is -0.382. The molecule has 6 nitrogen and oxygen atoms in total. The summed E-state index contributed by atoms with van der Waals surface area (Å²) in [6.45, 7) is 2.62. The molecule has 1 saturated heterocycles. The number of esters is 1. The van der Waals surface area contributed by atoms with Crippen molar-refractivity contribution in [2.24, 2.45) is 0 Å². The van der Waals surface area contributed by atoms with Crippen molar-refractivity contribution in [3.63, 3.8) is 0 Å². The number of hydrogen-bond donors (Lipinski definition) is 0. The largest absolute Gasteiger partial charge is 0.428 e. The quantitative estimate of drug-likeness (QED) is 0.0802. The van der Waals surface area contributed by atoms with E-state index in [0.717, 1.165) is 64.3 Å². The predicted molar refractivity (Wildman–Crippen MR) is 163 cm³/mol. The predicted octanol–water partition coefficient (Wildman–Crippen LogP) is 8.58. The molecule has 2 heterocycles. The van der Waals surface area contributed by atoms with Crippen LogP contribution in [-0.2, 0) is 20.6 Å². The van der Waals surface area contributed by atoms with Gasteiger partial charge in [0.1, 0.15) is 0 Å². The van der Waals surface area contributed by atoms with Crippen LogP contribution < -0.4 is 0 Å². The first-order valence-corrected chi connectivity index (χ1v) is 15.3. The van der Waals surface area contributed by atoms with E-state index in [1.54, 1.807) is 12.1 Å². The fraction of sp³-hybridized carbons (Fsp3) is 0.588. The van der Waals surface area contributed by atoms with Crippen LogP contribution in [0.15, 0.2) is 54.8 Å². The van der Waals surface area contributed by atoms with Gasteiger partial charge in [0, 0.05) is 26.8 Å². The van der Waals surface area contributed by atoms with Crippen molar-refractivity contribution in [2.75, 3.05) is 20.4 Å². The summed E-state index contributed by atoms with van der Waals surface area (Å²) >= 11 is 0. The lowest BCUT2D eigenvalue weighted by Crippen LogP contribution is -2.26. The molecule has 2 aromatic rings. The number of ether oxygens (including phenoxy) is 2. The van der Waals surface area contributed by atoms with Crippen LogP contribution in [0.25, 0.3) is 10.9 Å². The molecule has 1 fully saturated rings. The topological polar surface area (TPSA) is 60.8 Å². The Labute approximate surface area is 244 Å². The first-order chi connectivity index (χ1) is 20.4. The molecule has 0 saturated carbocycles. The Morgan fingerprint density at radius 1 is 0.975 bits per heavy atom. The summed E-state index contributed by atoms with van der Waals surface area (Å²) in [6, 6.07) is 6.98. The van der Waals surface area contributed by atoms with E-state index < -0.39 is 19.3 Å². The zero-order chi connectivity index (χ0) is 30.2. The molecule has 1 aromatic heterocycles. The lowest BCUT2D eigenvalue weighted by molar-refractivity contribution is -0.151. The molecule has 0 amide bonds. The minimum absolute atomic E-state index is 0.261.